The summed E-state index contributed by atoms with van der Waals surface area (Å²) in [5.41, 5.74) is 0.611. The zero-order valence-electron chi connectivity index (χ0n) is 12.7. The molecule has 22 heavy (non-hydrogen) atoms. The third-order valence-electron chi connectivity index (χ3n) is 3.83. The summed E-state index contributed by atoms with van der Waals surface area (Å²) in [4.78, 5) is 16.4. The molecule has 8 nitrogen and oxygen atoms in total. The van der Waals surface area contributed by atoms with Crippen molar-refractivity contribution in [2.75, 3.05) is 26.2 Å². The number of nitrogens with zero attached hydrogens (tertiary/aromatic N) is 6. The van der Waals surface area contributed by atoms with E-state index in [1.807, 2.05) is 9.58 Å². The van der Waals surface area contributed by atoms with Crippen molar-refractivity contribution in [1.82, 2.24) is 30.0 Å². The Morgan fingerprint density at radius 1 is 1.32 bits per heavy atom. The van der Waals surface area contributed by atoms with Gasteiger partial charge in [-0.3, -0.25) is 9.69 Å². The van der Waals surface area contributed by atoms with Crippen LogP contribution in [0.15, 0.2) is 23.0 Å². The molecule has 0 saturated carbocycles. The Morgan fingerprint density at radius 3 is 2.82 bits per heavy atom. The maximum atomic E-state index is 12.2. The molecule has 0 unspecified atom stereocenters. The van der Waals surface area contributed by atoms with Crippen LogP contribution in [-0.4, -0.2) is 62.1 Å². The van der Waals surface area contributed by atoms with Gasteiger partial charge in [0.15, 0.2) is 5.82 Å². The smallest absolute Gasteiger partial charge is 0.257 e. The Balaban J connectivity index is 1.53. The Bertz CT molecular complexity index is 601. The van der Waals surface area contributed by atoms with Crippen LogP contribution in [0, 0.1) is 0 Å². The van der Waals surface area contributed by atoms with Gasteiger partial charge in [-0.2, -0.15) is 0 Å². The lowest BCUT2D eigenvalue weighted by Crippen LogP contribution is -2.48. The van der Waals surface area contributed by atoms with E-state index in [4.69, 9.17) is 4.42 Å². The predicted molar refractivity (Wildman–Crippen MR) is 78.0 cm³/mol. The van der Waals surface area contributed by atoms with Crippen LogP contribution in [-0.2, 0) is 13.1 Å². The standard InChI is InChI=1S/C14H20N6O2/c1-2-4-20-13(15-16-17-20)10-18-5-7-19(8-6-18)14(21)12-3-9-22-11-12/h3,9,11H,2,4-8,10H2,1H3. The molecule has 2 aromatic heterocycles. The van der Waals surface area contributed by atoms with Gasteiger partial charge in [0.05, 0.1) is 18.4 Å². The van der Waals surface area contributed by atoms with Crippen LogP contribution < -0.4 is 0 Å². The highest BCUT2D eigenvalue weighted by Crippen LogP contribution is 2.11. The molecule has 1 saturated heterocycles. The SMILES string of the molecule is CCCn1nnnc1CN1CCN(C(=O)c2ccoc2)CC1. The Morgan fingerprint density at radius 2 is 2.14 bits per heavy atom. The molecule has 8 heteroatoms. The summed E-state index contributed by atoms with van der Waals surface area (Å²) in [6.45, 7) is 6.72. The average molecular weight is 304 g/mol. The summed E-state index contributed by atoms with van der Waals surface area (Å²) in [6, 6.07) is 1.70. The lowest BCUT2D eigenvalue weighted by atomic mass is 10.2. The molecule has 3 rings (SSSR count). The van der Waals surface area contributed by atoms with Crippen LogP contribution in [0.2, 0.25) is 0 Å². The second-order valence-corrected chi connectivity index (χ2v) is 5.40. The molecule has 0 N–H and O–H groups in total. The number of carbonyl (C=O) groups is 1. The number of tetrazole rings is 1. The summed E-state index contributed by atoms with van der Waals surface area (Å²) in [6.07, 6.45) is 4.02. The minimum atomic E-state index is 0.0317. The molecule has 118 valence electrons. The minimum absolute atomic E-state index is 0.0317. The van der Waals surface area contributed by atoms with Crippen LogP contribution in [0.1, 0.15) is 29.5 Å². The molecule has 0 spiro atoms. The molecular weight excluding hydrogens is 284 g/mol. The third-order valence-corrected chi connectivity index (χ3v) is 3.83. The fourth-order valence-corrected chi connectivity index (χ4v) is 2.60. The molecule has 1 amide bonds. The van der Waals surface area contributed by atoms with Gasteiger partial charge in [-0.15, -0.1) is 5.10 Å². The van der Waals surface area contributed by atoms with Gasteiger partial charge in [0, 0.05) is 32.7 Å². The third kappa shape index (κ3) is 3.16. The van der Waals surface area contributed by atoms with Crippen molar-refractivity contribution >= 4 is 5.91 Å². The van der Waals surface area contributed by atoms with Crippen LogP contribution in [0.3, 0.4) is 0 Å². The van der Waals surface area contributed by atoms with E-state index < -0.39 is 0 Å². The van der Waals surface area contributed by atoms with E-state index in [0.29, 0.717) is 18.7 Å². The van der Waals surface area contributed by atoms with E-state index >= 15 is 0 Å². The maximum absolute atomic E-state index is 12.2. The van der Waals surface area contributed by atoms with E-state index in [1.54, 1.807) is 6.07 Å². The average Bonchev–Trinajstić information content (AvgIpc) is 3.20. The lowest BCUT2D eigenvalue weighted by molar-refractivity contribution is 0.0622. The lowest BCUT2D eigenvalue weighted by Gasteiger charge is -2.34. The molecule has 0 atom stereocenters. The summed E-state index contributed by atoms with van der Waals surface area (Å²) < 4.78 is 6.82. The first-order valence-corrected chi connectivity index (χ1v) is 7.57. The van der Waals surface area contributed by atoms with E-state index in [9.17, 15) is 4.79 Å². The number of rotatable bonds is 5. The largest absolute Gasteiger partial charge is 0.472 e. The molecule has 0 bridgehead atoms. The quantitative estimate of drug-likeness (QED) is 0.806. The van der Waals surface area contributed by atoms with E-state index in [-0.39, 0.29) is 5.91 Å². The van der Waals surface area contributed by atoms with Crippen molar-refractivity contribution in [2.24, 2.45) is 0 Å². The second-order valence-electron chi connectivity index (χ2n) is 5.40. The van der Waals surface area contributed by atoms with Crippen molar-refractivity contribution in [3.8, 4) is 0 Å². The fraction of sp³-hybridized carbons (Fsp3) is 0.571. The molecule has 1 aliphatic heterocycles. The fourth-order valence-electron chi connectivity index (χ4n) is 2.60. The van der Waals surface area contributed by atoms with Crippen molar-refractivity contribution in [3.63, 3.8) is 0 Å². The van der Waals surface area contributed by atoms with Crippen LogP contribution in [0.5, 0.6) is 0 Å². The molecule has 0 radical (unpaired) electrons. The Hall–Kier alpha value is -2.22. The van der Waals surface area contributed by atoms with Gasteiger partial charge in [0.1, 0.15) is 6.26 Å². The van der Waals surface area contributed by atoms with Crippen molar-refractivity contribution in [2.45, 2.75) is 26.4 Å². The zero-order chi connectivity index (χ0) is 15.4. The first kappa shape index (κ1) is 14.7. The zero-order valence-corrected chi connectivity index (χ0v) is 12.7. The molecule has 0 aromatic carbocycles. The molecule has 0 aliphatic carbocycles. The number of aryl methyl sites for hydroxylation is 1. The highest BCUT2D eigenvalue weighted by molar-refractivity contribution is 5.93. The molecule has 3 heterocycles. The van der Waals surface area contributed by atoms with Gasteiger partial charge < -0.3 is 9.32 Å². The highest BCUT2D eigenvalue weighted by atomic mass is 16.3. The molecular formula is C14H20N6O2. The Kier molecular flexibility index (Phi) is 4.47. The number of hydrogen-bond acceptors (Lipinski definition) is 6. The van der Waals surface area contributed by atoms with Crippen LogP contribution in [0.25, 0.3) is 0 Å². The first-order chi connectivity index (χ1) is 10.8. The number of hydrogen-bond donors (Lipinski definition) is 0. The normalized spacial score (nSPS) is 16.1. The monoisotopic (exact) mass is 304 g/mol. The van der Waals surface area contributed by atoms with Gasteiger partial charge in [-0.05, 0) is 22.9 Å². The summed E-state index contributed by atoms with van der Waals surface area (Å²) in [5.74, 6) is 0.917. The highest BCUT2D eigenvalue weighted by Gasteiger charge is 2.23. The van der Waals surface area contributed by atoms with Gasteiger partial charge in [-0.1, -0.05) is 6.92 Å². The van der Waals surface area contributed by atoms with Crippen LogP contribution in [0.4, 0.5) is 0 Å². The predicted octanol–water partition coefficient (Wildman–Crippen LogP) is 0.634. The van der Waals surface area contributed by atoms with E-state index in [0.717, 1.165) is 38.4 Å². The van der Waals surface area contributed by atoms with E-state index in [2.05, 4.69) is 27.3 Å². The minimum Gasteiger partial charge on any atom is -0.472 e. The van der Waals surface area contributed by atoms with Crippen molar-refractivity contribution in [1.29, 1.82) is 0 Å². The Labute approximate surface area is 128 Å². The number of carbonyl (C=O) groups excluding carboxylic acids is 1. The van der Waals surface area contributed by atoms with Gasteiger partial charge >= 0.3 is 0 Å². The number of furan rings is 1. The topological polar surface area (TPSA) is 80.3 Å². The first-order valence-electron chi connectivity index (χ1n) is 7.57. The molecule has 1 fully saturated rings. The summed E-state index contributed by atoms with van der Waals surface area (Å²) in [5, 5.41) is 11.8. The summed E-state index contributed by atoms with van der Waals surface area (Å²) in [7, 11) is 0. The number of piperazine rings is 1. The molecule has 2 aromatic rings. The van der Waals surface area contributed by atoms with E-state index in [1.165, 1.54) is 12.5 Å². The molecule has 1 aliphatic rings. The maximum Gasteiger partial charge on any atom is 0.257 e. The van der Waals surface area contributed by atoms with Gasteiger partial charge in [0.2, 0.25) is 0 Å². The summed E-state index contributed by atoms with van der Waals surface area (Å²) >= 11 is 0. The van der Waals surface area contributed by atoms with Crippen molar-refractivity contribution < 1.29 is 9.21 Å². The second kappa shape index (κ2) is 6.69. The van der Waals surface area contributed by atoms with Crippen molar-refractivity contribution in [3.05, 3.63) is 30.0 Å². The number of amides is 1. The number of aromatic nitrogens is 4. The van der Waals surface area contributed by atoms with Gasteiger partial charge in [0.25, 0.3) is 5.91 Å². The van der Waals surface area contributed by atoms with Gasteiger partial charge in [-0.25, -0.2) is 4.68 Å². The van der Waals surface area contributed by atoms with Crippen LogP contribution >= 0.6 is 0 Å².